The average Bonchev–Trinajstić information content (AvgIpc) is 3.34. The highest BCUT2D eigenvalue weighted by molar-refractivity contribution is 7.79. The van der Waals surface area contributed by atoms with Gasteiger partial charge in [-0.25, -0.2) is 0 Å². The van der Waals surface area contributed by atoms with Gasteiger partial charge in [-0.15, -0.1) is 11.3 Å². The Kier molecular flexibility index (Phi) is 6.77. The van der Waals surface area contributed by atoms with Crippen molar-refractivity contribution in [3.8, 4) is 0 Å². The molecule has 0 spiro atoms. The molecule has 138 valence electrons. The van der Waals surface area contributed by atoms with Crippen molar-refractivity contribution in [1.29, 1.82) is 0 Å². The van der Waals surface area contributed by atoms with Crippen molar-refractivity contribution in [3.63, 3.8) is 0 Å². The van der Waals surface area contributed by atoms with Crippen molar-refractivity contribution in [1.82, 2.24) is 0 Å². The molecule has 0 N–H and O–H groups in total. The van der Waals surface area contributed by atoms with Crippen LogP contribution in [0.25, 0.3) is 10.1 Å². The highest BCUT2D eigenvalue weighted by Crippen LogP contribution is 2.55. The molecule has 0 aliphatic carbocycles. The average molecular weight is 392 g/mol. The minimum Gasteiger partial charge on any atom is -0.289 e. The molecule has 1 aromatic carbocycles. The van der Waals surface area contributed by atoms with Gasteiger partial charge in [0.25, 0.3) is 0 Å². The van der Waals surface area contributed by atoms with Crippen LogP contribution in [0.1, 0.15) is 32.3 Å². The number of hydrogen-bond acceptors (Lipinski definition) is 2. The first-order valence-electron chi connectivity index (χ1n) is 9.34. The smallest absolute Gasteiger partial charge is 0.0470 e. The molecule has 1 nitrogen and oxygen atoms in total. The lowest BCUT2D eigenvalue weighted by Crippen LogP contribution is -2.10. The Morgan fingerprint density at radius 2 is 1.93 bits per heavy atom. The van der Waals surface area contributed by atoms with Gasteiger partial charge in [-0.05, 0) is 51.3 Å². The number of hydrogen-bond donors (Lipinski definition) is 0. The first kappa shape index (κ1) is 19.7. The van der Waals surface area contributed by atoms with Gasteiger partial charge in [0.15, 0.2) is 0 Å². The highest BCUT2D eigenvalue weighted by atomic mass is 32.1. The molecule has 0 radical (unpaired) electrons. The summed E-state index contributed by atoms with van der Waals surface area (Å²) in [5, 5.41) is 3.95. The Hall–Kier alpha value is -2.02. The molecule has 0 saturated carbocycles. The molecule has 0 bridgehead atoms. The van der Waals surface area contributed by atoms with E-state index in [0.29, 0.717) is 0 Å². The highest BCUT2D eigenvalue weighted by Gasteiger charge is 2.27. The number of fused-ring (bicyclic) bond motifs is 1. The summed E-state index contributed by atoms with van der Waals surface area (Å²) in [6.07, 6.45) is 14.7. The Balaban J connectivity index is 2.30. The van der Waals surface area contributed by atoms with Gasteiger partial charge >= 0.3 is 0 Å². The molecule has 1 atom stereocenters. The van der Waals surface area contributed by atoms with Gasteiger partial charge in [-0.3, -0.25) is 4.99 Å². The Bertz CT molecular complexity index is 971. The third-order valence-electron chi connectivity index (χ3n) is 4.66. The van der Waals surface area contributed by atoms with Crippen molar-refractivity contribution in [2.24, 2.45) is 4.99 Å². The minimum absolute atomic E-state index is 0.671. The van der Waals surface area contributed by atoms with Gasteiger partial charge in [0.2, 0.25) is 0 Å². The quantitative estimate of drug-likeness (QED) is 0.346. The second kappa shape index (κ2) is 9.26. The molecule has 2 heterocycles. The second-order valence-electron chi connectivity index (χ2n) is 6.27. The topological polar surface area (TPSA) is 12.4 Å². The fourth-order valence-corrected chi connectivity index (χ4v) is 7.83. The zero-order valence-electron chi connectivity index (χ0n) is 16.1. The molecule has 1 aliphatic heterocycles. The molecule has 1 aromatic heterocycles. The molecular weight excluding hydrogens is 365 g/mol. The summed E-state index contributed by atoms with van der Waals surface area (Å²) in [6.45, 7) is 13.1. The minimum atomic E-state index is -0.671. The maximum atomic E-state index is 4.86. The van der Waals surface area contributed by atoms with Crippen LogP contribution < -0.4 is 4.62 Å². The number of allylic oxidation sites excluding steroid dienone is 8. The fraction of sp³-hybridized carbons (Fsp3) is 0.208. The van der Waals surface area contributed by atoms with E-state index < -0.39 is 7.92 Å². The lowest BCUT2D eigenvalue weighted by atomic mass is 10.1. The number of thiophene rings is 1. The van der Waals surface area contributed by atoms with E-state index in [1.807, 2.05) is 29.6 Å². The van der Waals surface area contributed by atoms with E-state index in [-0.39, 0.29) is 0 Å². The molecule has 0 saturated heterocycles. The van der Waals surface area contributed by atoms with Gasteiger partial charge in [-0.2, -0.15) is 0 Å². The normalized spacial score (nSPS) is 16.7. The summed E-state index contributed by atoms with van der Waals surface area (Å²) >= 11 is 1.91. The van der Waals surface area contributed by atoms with Crippen LogP contribution in [0.15, 0.2) is 89.5 Å². The Morgan fingerprint density at radius 1 is 1.15 bits per heavy atom. The molecule has 1 aliphatic rings. The van der Waals surface area contributed by atoms with Crippen LogP contribution >= 0.6 is 19.3 Å². The van der Waals surface area contributed by atoms with Crippen LogP contribution in [-0.2, 0) is 0 Å². The third kappa shape index (κ3) is 3.98. The molecule has 3 rings (SSSR count). The summed E-state index contributed by atoms with van der Waals surface area (Å²) in [5.41, 5.74) is 2.64. The standard InChI is InChI=1S/C24H26NPS/c1-5-9-13-19(8-4)26(18(6-2)7-3)24-23(21-15-12-17-25-21)20-14-10-11-16-22(20)27-24/h5-11,13-14,16H,1-2,12,15,17H2,3-4H3/b13-9-,18-7+,19-8+. The van der Waals surface area contributed by atoms with Crippen molar-refractivity contribution in [2.45, 2.75) is 26.7 Å². The van der Waals surface area contributed by atoms with E-state index in [2.05, 4.69) is 69.5 Å². The molecular formula is C24H26NPS. The van der Waals surface area contributed by atoms with Gasteiger partial charge in [-0.1, -0.05) is 67.8 Å². The summed E-state index contributed by atoms with van der Waals surface area (Å²) < 4.78 is 2.77. The SMILES string of the molecule is C=C/C=C\C(=C/C)P(/C(C=C)=C/C)c1sc2ccccc2c1C1=NCCC1. The van der Waals surface area contributed by atoms with E-state index in [1.165, 1.54) is 36.6 Å². The Labute approximate surface area is 168 Å². The van der Waals surface area contributed by atoms with E-state index >= 15 is 0 Å². The third-order valence-corrected chi connectivity index (χ3v) is 8.97. The predicted octanol–water partition coefficient (Wildman–Crippen LogP) is 7.33. The van der Waals surface area contributed by atoms with Crippen molar-refractivity contribution in [3.05, 3.63) is 90.1 Å². The van der Waals surface area contributed by atoms with Crippen molar-refractivity contribution in [2.75, 3.05) is 6.54 Å². The van der Waals surface area contributed by atoms with E-state index in [9.17, 15) is 0 Å². The van der Waals surface area contributed by atoms with Crippen LogP contribution in [-0.4, -0.2) is 12.3 Å². The van der Waals surface area contributed by atoms with Crippen LogP contribution in [0.4, 0.5) is 0 Å². The van der Waals surface area contributed by atoms with Crippen molar-refractivity contribution < 1.29 is 0 Å². The molecule has 1 unspecified atom stereocenters. The van der Waals surface area contributed by atoms with E-state index in [1.54, 1.807) is 0 Å². The van der Waals surface area contributed by atoms with Crippen LogP contribution in [0.2, 0.25) is 0 Å². The van der Waals surface area contributed by atoms with Crippen LogP contribution in [0, 0.1) is 0 Å². The predicted molar refractivity (Wildman–Crippen MR) is 126 cm³/mol. The molecule has 27 heavy (non-hydrogen) atoms. The van der Waals surface area contributed by atoms with Crippen LogP contribution in [0.5, 0.6) is 0 Å². The summed E-state index contributed by atoms with van der Waals surface area (Å²) in [4.78, 5) is 4.86. The van der Waals surface area contributed by atoms with Gasteiger partial charge in [0.05, 0.1) is 0 Å². The number of benzene rings is 1. The van der Waals surface area contributed by atoms with Crippen molar-refractivity contribution >= 4 is 39.7 Å². The summed E-state index contributed by atoms with van der Waals surface area (Å²) in [5.74, 6) is 0. The molecule has 0 amide bonds. The first-order chi connectivity index (χ1) is 13.2. The van der Waals surface area contributed by atoms with Gasteiger partial charge in [0.1, 0.15) is 0 Å². The zero-order valence-corrected chi connectivity index (χ0v) is 17.8. The van der Waals surface area contributed by atoms with Crippen LogP contribution in [0.3, 0.4) is 0 Å². The summed E-state index contributed by atoms with van der Waals surface area (Å²) in [7, 11) is -0.671. The Morgan fingerprint density at radius 3 is 2.56 bits per heavy atom. The second-order valence-corrected chi connectivity index (χ2v) is 9.78. The van der Waals surface area contributed by atoms with E-state index in [0.717, 1.165) is 19.4 Å². The lowest BCUT2D eigenvalue weighted by Gasteiger charge is -2.21. The molecule has 0 fully saturated rings. The van der Waals surface area contributed by atoms with Gasteiger partial charge in [0, 0.05) is 32.5 Å². The molecule has 3 heteroatoms. The number of rotatable bonds is 7. The fourth-order valence-electron chi connectivity index (χ4n) is 3.40. The zero-order chi connectivity index (χ0) is 19.2. The number of nitrogens with zero attached hydrogens (tertiary/aromatic N) is 1. The summed E-state index contributed by atoms with van der Waals surface area (Å²) in [6, 6.07) is 8.74. The largest absolute Gasteiger partial charge is 0.289 e. The first-order valence-corrected chi connectivity index (χ1v) is 11.5. The monoisotopic (exact) mass is 391 g/mol. The maximum Gasteiger partial charge on any atom is 0.0470 e. The maximum absolute atomic E-state index is 4.86. The number of aliphatic imine (C=N–C) groups is 1. The van der Waals surface area contributed by atoms with E-state index in [4.69, 9.17) is 4.99 Å². The molecule has 2 aromatic rings. The van der Waals surface area contributed by atoms with Gasteiger partial charge < -0.3 is 0 Å². The lowest BCUT2D eigenvalue weighted by molar-refractivity contribution is 0.951.